The van der Waals surface area contributed by atoms with E-state index in [2.05, 4.69) is 15.6 Å². The van der Waals surface area contributed by atoms with E-state index in [0.717, 1.165) is 12.3 Å². The summed E-state index contributed by atoms with van der Waals surface area (Å²) in [5.74, 6) is -3.04. The van der Waals surface area contributed by atoms with Gasteiger partial charge >= 0.3 is 0 Å². The van der Waals surface area contributed by atoms with Crippen LogP contribution in [0.4, 0.5) is 25.8 Å². The molecule has 0 spiro atoms. The van der Waals surface area contributed by atoms with Crippen LogP contribution in [0, 0.1) is 11.6 Å². The minimum absolute atomic E-state index is 0.0479. The third-order valence-electron chi connectivity index (χ3n) is 6.00. The lowest BCUT2D eigenvalue weighted by atomic mass is 10.0. The van der Waals surface area contributed by atoms with E-state index in [9.17, 15) is 23.2 Å². The molecular weight excluding hydrogens is 539 g/mol. The maximum atomic E-state index is 14.2. The molecule has 1 atom stereocenters. The van der Waals surface area contributed by atoms with Gasteiger partial charge in [0.2, 0.25) is 5.91 Å². The summed E-state index contributed by atoms with van der Waals surface area (Å²) in [5.41, 5.74) is -0.279. The van der Waals surface area contributed by atoms with E-state index in [1.54, 1.807) is 23.1 Å². The van der Waals surface area contributed by atoms with Crippen LogP contribution >= 0.6 is 23.2 Å². The SMILES string of the molecule is CN1C(=O)C(NC(=O)C(C)(C)NC(=O)c2ccc(F)cn2)CN(c2cc(Cl)cc(Cl)c2)c2ccc(F)cc21. The zero-order chi connectivity index (χ0) is 27.8. The Morgan fingerprint density at radius 2 is 1.66 bits per heavy atom. The first-order chi connectivity index (χ1) is 17.9. The molecular formula is C26H23Cl2F2N5O3. The first kappa shape index (κ1) is 27.3. The Labute approximate surface area is 227 Å². The monoisotopic (exact) mass is 561 g/mol. The second kappa shape index (κ2) is 10.5. The van der Waals surface area contributed by atoms with E-state index < -0.39 is 40.9 Å². The molecule has 12 heteroatoms. The fourth-order valence-corrected chi connectivity index (χ4v) is 4.52. The van der Waals surface area contributed by atoms with Crippen LogP contribution < -0.4 is 20.4 Å². The van der Waals surface area contributed by atoms with Gasteiger partial charge in [0.25, 0.3) is 11.8 Å². The summed E-state index contributed by atoms with van der Waals surface area (Å²) in [6, 6.07) is 9.97. The average molecular weight is 562 g/mol. The predicted molar refractivity (Wildman–Crippen MR) is 141 cm³/mol. The fraction of sp³-hybridized carbons (Fsp3) is 0.231. The summed E-state index contributed by atoms with van der Waals surface area (Å²) in [6.07, 6.45) is 0.888. The summed E-state index contributed by atoms with van der Waals surface area (Å²) in [7, 11) is 1.47. The number of carbonyl (C=O) groups is 3. The van der Waals surface area contributed by atoms with Crippen molar-refractivity contribution in [3.05, 3.63) is 82.1 Å². The molecule has 1 aromatic heterocycles. The second-order valence-corrected chi connectivity index (χ2v) is 10.1. The average Bonchev–Trinajstić information content (AvgIpc) is 2.94. The van der Waals surface area contributed by atoms with Crippen LogP contribution in [0.3, 0.4) is 0 Å². The quantitative estimate of drug-likeness (QED) is 0.479. The van der Waals surface area contributed by atoms with Crippen molar-refractivity contribution < 1.29 is 23.2 Å². The fourth-order valence-electron chi connectivity index (χ4n) is 4.01. The van der Waals surface area contributed by atoms with Gasteiger partial charge in [-0.3, -0.25) is 14.4 Å². The van der Waals surface area contributed by atoms with Crippen LogP contribution in [0.15, 0.2) is 54.7 Å². The lowest BCUT2D eigenvalue weighted by Gasteiger charge is -2.30. The molecule has 3 aromatic rings. The summed E-state index contributed by atoms with van der Waals surface area (Å²) >= 11 is 12.4. The Balaban J connectivity index is 1.64. The van der Waals surface area contributed by atoms with Crippen molar-refractivity contribution in [2.45, 2.75) is 25.4 Å². The van der Waals surface area contributed by atoms with Gasteiger partial charge in [-0.25, -0.2) is 13.8 Å². The molecule has 2 heterocycles. The maximum absolute atomic E-state index is 14.2. The zero-order valence-electron chi connectivity index (χ0n) is 20.6. The molecule has 0 saturated carbocycles. The van der Waals surface area contributed by atoms with Gasteiger partial charge in [-0.1, -0.05) is 23.2 Å². The van der Waals surface area contributed by atoms with Crippen molar-refractivity contribution in [3.63, 3.8) is 0 Å². The number of nitrogens with one attached hydrogen (secondary N) is 2. The van der Waals surface area contributed by atoms with E-state index >= 15 is 0 Å². The summed E-state index contributed by atoms with van der Waals surface area (Å²) in [5, 5.41) is 5.94. The Kier molecular flexibility index (Phi) is 7.57. The van der Waals surface area contributed by atoms with E-state index in [4.69, 9.17) is 23.2 Å². The topological polar surface area (TPSA) is 94.6 Å². The van der Waals surface area contributed by atoms with Crippen LogP contribution in [-0.4, -0.2) is 47.9 Å². The van der Waals surface area contributed by atoms with Crippen LogP contribution in [0.1, 0.15) is 24.3 Å². The van der Waals surface area contributed by atoms with Crippen molar-refractivity contribution in [2.75, 3.05) is 23.4 Å². The summed E-state index contributed by atoms with van der Waals surface area (Å²) in [6.45, 7) is 2.86. The lowest BCUT2D eigenvalue weighted by molar-refractivity contribution is -0.130. The summed E-state index contributed by atoms with van der Waals surface area (Å²) in [4.78, 5) is 46.0. The Hall–Kier alpha value is -3.76. The van der Waals surface area contributed by atoms with Gasteiger partial charge in [-0.2, -0.15) is 0 Å². The highest BCUT2D eigenvalue weighted by molar-refractivity contribution is 6.35. The van der Waals surface area contributed by atoms with E-state index in [1.807, 2.05) is 0 Å². The molecule has 8 nitrogen and oxygen atoms in total. The highest BCUT2D eigenvalue weighted by Gasteiger charge is 2.38. The lowest BCUT2D eigenvalue weighted by Crippen LogP contribution is -2.60. The third-order valence-corrected chi connectivity index (χ3v) is 6.44. The number of aromatic nitrogens is 1. The van der Waals surface area contributed by atoms with Gasteiger partial charge in [0, 0.05) is 22.8 Å². The number of hydrogen-bond donors (Lipinski definition) is 2. The van der Waals surface area contributed by atoms with Gasteiger partial charge < -0.3 is 20.4 Å². The third kappa shape index (κ3) is 5.71. The maximum Gasteiger partial charge on any atom is 0.270 e. The molecule has 3 amide bonds. The number of likely N-dealkylation sites (N-methyl/N-ethyl adjacent to an activating group) is 1. The number of rotatable bonds is 5. The number of pyridine rings is 1. The summed E-state index contributed by atoms with van der Waals surface area (Å²) < 4.78 is 27.4. The number of halogens is 4. The Bertz CT molecular complexity index is 1400. The molecule has 0 fully saturated rings. The molecule has 0 saturated heterocycles. The number of fused-ring (bicyclic) bond motifs is 1. The first-order valence-electron chi connectivity index (χ1n) is 11.4. The largest absolute Gasteiger partial charge is 0.341 e. The Morgan fingerprint density at radius 3 is 2.29 bits per heavy atom. The van der Waals surface area contributed by atoms with Crippen LogP contribution in [0.5, 0.6) is 0 Å². The Morgan fingerprint density at radius 1 is 1.00 bits per heavy atom. The number of benzene rings is 2. The van der Waals surface area contributed by atoms with Gasteiger partial charge in [0.05, 0.1) is 24.1 Å². The van der Waals surface area contributed by atoms with Gasteiger partial charge in [-0.05, 0) is 62.4 Å². The molecule has 4 rings (SSSR count). The molecule has 0 bridgehead atoms. The van der Waals surface area contributed by atoms with Gasteiger partial charge in [0.1, 0.15) is 28.9 Å². The molecule has 1 aliphatic heterocycles. The van der Waals surface area contributed by atoms with Crippen LogP contribution in [0.2, 0.25) is 10.0 Å². The minimum Gasteiger partial charge on any atom is -0.341 e. The van der Waals surface area contributed by atoms with Crippen molar-refractivity contribution in [3.8, 4) is 0 Å². The second-order valence-electron chi connectivity index (χ2n) is 9.24. The van der Waals surface area contributed by atoms with Crippen LogP contribution in [-0.2, 0) is 9.59 Å². The molecule has 198 valence electrons. The molecule has 0 radical (unpaired) electrons. The van der Waals surface area contributed by atoms with Crippen molar-refractivity contribution >= 4 is 58.0 Å². The minimum atomic E-state index is -1.48. The van der Waals surface area contributed by atoms with Crippen molar-refractivity contribution in [2.24, 2.45) is 0 Å². The van der Waals surface area contributed by atoms with E-state index in [1.165, 1.54) is 50.1 Å². The van der Waals surface area contributed by atoms with Gasteiger partial charge in [0.15, 0.2) is 0 Å². The van der Waals surface area contributed by atoms with Crippen LogP contribution in [0.25, 0.3) is 0 Å². The van der Waals surface area contributed by atoms with E-state index in [-0.39, 0.29) is 17.9 Å². The molecule has 1 unspecified atom stereocenters. The highest BCUT2D eigenvalue weighted by Crippen LogP contribution is 2.39. The number of carbonyl (C=O) groups excluding carboxylic acids is 3. The predicted octanol–water partition coefficient (Wildman–Crippen LogP) is 4.47. The standard InChI is InChI=1S/C26H23Cl2F2N5O3/c1-26(2,33-23(36)19-6-4-17(30)12-31-19)25(38)32-20-13-35(18-9-14(27)8-15(28)10-18)21-7-5-16(29)11-22(21)34(3)24(20)37/h4-12,20H,13H2,1-3H3,(H,32,38)(H,33,36). The first-order valence-corrected chi connectivity index (χ1v) is 12.2. The van der Waals surface area contributed by atoms with E-state index in [0.29, 0.717) is 21.4 Å². The van der Waals surface area contributed by atoms with Crippen molar-refractivity contribution in [1.82, 2.24) is 15.6 Å². The number of amides is 3. The zero-order valence-corrected chi connectivity index (χ0v) is 22.1. The van der Waals surface area contributed by atoms with Crippen molar-refractivity contribution in [1.29, 1.82) is 0 Å². The number of nitrogens with zero attached hydrogens (tertiary/aromatic N) is 3. The van der Waals surface area contributed by atoms with Gasteiger partial charge in [-0.15, -0.1) is 0 Å². The molecule has 2 N–H and O–H groups in total. The molecule has 0 aliphatic carbocycles. The smallest absolute Gasteiger partial charge is 0.270 e. The molecule has 1 aliphatic rings. The highest BCUT2D eigenvalue weighted by atomic mass is 35.5. The molecule has 38 heavy (non-hydrogen) atoms. The normalized spacial score (nSPS) is 15.6. The number of anilines is 3. The number of hydrogen-bond acceptors (Lipinski definition) is 5. The molecule has 2 aromatic carbocycles.